The minimum absolute atomic E-state index is 0.254. The third-order valence-corrected chi connectivity index (χ3v) is 3.23. The lowest BCUT2D eigenvalue weighted by atomic mass is 10.0. The predicted octanol–water partition coefficient (Wildman–Crippen LogP) is 3.86. The van der Waals surface area contributed by atoms with Crippen molar-refractivity contribution in [2.24, 2.45) is 5.92 Å². The number of alkyl halides is 3. The van der Waals surface area contributed by atoms with Gasteiger partial charge in [-0.1, -0.05) is 24.6 Å². The van der Waals surface area contributed by atoms with E-state index in [4.69, 9.17) is 11.6 Å². The van der Waals surface area contributed by atoms with Gasteiger partial charge in [-0.25, -0.2) is 0 Å². The average molecular weight is 310 g/mol. The van der Waals surface area contributed by atoms with Crippen molar-refractivity contribution >= 4 is 11.6 Å². The van der Waals surface area contributed by atoms with Gasteiger partial charge < -0.3 is 10.4 Å². The molecule has 0 heterocycles. The highest BCUT2D eigenvalue weighted by Crippen LogP contribution is 2.35. The molecule has 0 aromatic heterocycles. The average Bonchev–Trinajstić information content (AvgIpc) is 2.28. The molecular weight excluding hydrogens is 291 g/mol. The number of hydrogen-bond donors (Lipinski definition) is 2. The molecule has 2 nitrogen and oxygen atoms in total. The molecule has 0 bridgehead atoms. The van der Waals surface area contributed by atoms with E-state index in [9.17, 15) is 18.3 Å². The smallest absolute Gasteiger partial charge is 0.393 e. The molecular formula is C14H19ClF3NO. The fourth-order valence-corrected chi connectivity index (χ4v) is 2.25. The molecule has 0 radical (unpaired) electrons. The fraction of sp³-hybridized carbons (Fsp3) is 0.571. The summed E-state index contributed by atoms with van der Waals surface area (Å²) in [4.78, 5) is 0. The molecule has 0 aliphatic carbocycles. The lowest BCUT2D eigenvalue weighted by Gasteiger charge is -2.15. The molecule has 1 aromatic carbocycles. The van der Waals surface area contributed by atoms with Crippen LogP contribution in [0.1, 0.15) is 31.4 Å². The summed E-state index contributed by atoms with van der Waals surface area (Å²) in [5.74, 6) is 0.254. The van der Waals surface area contributed by atoms with Gasteiger partial charge in [-0.2, -0.15) is 13.2 Å². The molecule has 0 fully saturated rings. The van der Waals surface area contributed by atoms with Crippen LogP contribution in [0.5, 0.6) is 0 Å². The highest BCUT2D eigenvalue weighted by molar-refractivity contribution is 6.31. The van der Waals surface area contributed by atoms with Crippen molar-refractivity contribution in [3.63, 3.8) is 0 Å². The molecule has 2 unspecified atom stereocenters. The molecule has 0 saturated carbocycles. The molecule has 0 aliphatic heterocycles. The van der Waals surface area contributed by atoms with Crippen molar-refractivity contribution in [1.29, 1.82) is 0 Å². The van der Waals surface area contributed by atoms with Crippen molar-refractivity contribution in [3.8, 4) is 0 Å². The van der Waals surface area contributed by atoms with Crippen molar-refractivity contribution in [2.75, 3.05) is 6.54 Å². The fourth-order valence-electron chi connectivity index (χ4n) is 2.03. The van der Waals surface area contributed by atoms with Gasteiger partial charge in [-0.15, -0.1) is 0 Å². The summed E-state index contributed by atoms with van der Waals surface area (Å²) in [7, 11) is 0. The van der Waals surface area contributed by atoms with Gasteiger partial charge in [-0.3, -0.25) is 0 Å². The Morgan fingerprint density at radius 1 is 1.30 bits per heavy atom. The molecule has 6 heteroatoms. The predicted molar refractivity (Wildman–Crippen MR) is 73.6 cm³/mol. The highest BCUT2D eigenvalue weighted by atomic mass is 35.5. The minimum atomic E-state index is -4.44. The zero-order valence-corrected chi connectivity index (χ0v) is 12.2. The van der Waals surface area contributed by atoms with E-state index in [0.29, 0.717) is 25.1 Å². The number of benzene rings is 1. The summed E-state index contributed by atoms with van der Waals surface area (Å²) in [6.07, 6.45) is -4.16. The van der Waals surface area contributed by atoms with Crippen molar-refractivity contribution in [1.82, 2.24) is 5.32 Å². The van der Waals surface area contributed by atoms with Crippen LogP contribution in [0.3, 0.4) is 0 Å². The Balaban J connectivity index is 2.57. The number of halogens is 4. The lowest BCUT2D eigenvalue weighted by Crippen LogP contribution is -2.23. The molecule has 0 amide bonds. The lowest BCUT2D eigenvalue weighted by molar-refractivity contribution is -0.137. The molecule has 114 valence electrons. The SMILES string of the molecule is CC(O)CC(C)CNCc1ccc(Cl)c(C(F)(F)F)c1. The number of aliphatic hydroxyl groups is 1. The minimum Gasteiger partial charge on any atom is -0.393 e. The first-order chi connectivity index (χ1) is 9.20. The number of aliphatic hydroxyl groups excluding tert-OH is 1. The van der Waals surface area contributed by atoms with Crippen LogP contribution < -0.4 is 5.32 Å². The van der Waals surface area contributed by atoms with Crippen LogP contribution in [0.25, 0.3) is 0 Å². The van der Waals surface area contributed by atoms with Crippen LogP contribution >= 0.6 is 11.6 Å². The van der Waals surface area contributed by atoms with Gasteiger partial charge >= 0.3 is 6.18 Å². The summed E-state index contributed by atoms with van der Waals surface area (Å²) in [5.41, 5.74) is -0.276. The summed E-state index contributed by atoms with van der Waals surface area (Å²) in [6.45, 7) is 4.66. The third-order valence-electron chi connectivity index (χ3n) is 2.90. The molecule has 2 N–H and O–H groups in total. The largest absolute Gasteiger partial charge is 0.417 e. The Hall–Kier alpha value is -0.780. The van der Waals surface area contributed by atoms with Crippen molar-refractivity contribution in [3.05, 3.63) is 34.3 Å². The van der Waals surface area contributed by atoms with Crippen LogP contribution in [-0.2, 0) is 12.7 Å². The van der Waals surface area contributed by atoms with Gasteiger partial charge in [0, 0.05) is 6.54 Å². The van der Waals surface area contributed by atoms with Crippen molar-refractivity contribution in [2.45, 2.75) is 39.1 Å². The molecule has 0 spiro atoms. The van der Waals surface area contributed by atoms with Crippen LogP contribution in [0.4, 0.5) is 13.2 Å². The van der Waals surface area contributed by atoms with Gasteiger partial charge in [0.1, 0.15) is 0 Å². The quantitative estimate of drug-likeness (QED) is 0.836. The topological polar surface area (TPSA) is 32.3 Å². The van der Waals surface area contributed by atoms with Crippen LogP contribution in [-0.4, -0.2) is 17.8 Å². The van der Waals surface area contributed by atoms with Gasteiger partial charge in [0.25, 0.3) is 0 Å². The summed E-state index contributed by atoms with van der Waals surface area (Å²) in [6, 6.07) is 3.90. The summed E-state index contributed by atoms with van der Waals surface area (Å²) < 4.78 is 38.1. The summed E-state index contributed by atoms with van der Waals surface area (Å²) in [5, 5.41) is 12.0. The van der Waals surface area contributed by atoms with Gasteiger partial charge in [-0.05, 0) is 43.5 Å². The van der Waals surface area contributed by atoms with E-state index < -0.39 is 11.7 Å². The van der Waals surface area contributed by atoms with E-state index in [1.807, 2.05) is 6.92 Å². The molecule has 1 rings (SSSR count). The maximum absolute atomic E-state index is 12.7. The Morgan fingerprint density at radius 3 is 2.50 bits per heavy atom. The maximum atomic E-state index is 12.7. The van der Waals surface area contributed by atoms with Crippen LogP contribution in [0.2, 0.25) is 5.02 Å². The second-order valence-electron chi connectivity index (χ2n) is 5.13. The zero-order valence-electron chi connectivity index (χ0n) is 11.5. The molecule has 1 aromatic rings. The van der Waals surface area contributed by atoms with Crippen LogP contribution in [0, 0.1) is 5.92 Å². The monoisotopic (exact) mass is 309 g/mol. The number of rotatable bonds is 6. The second-order valence-corrected chi connectivity index (χ2v) is 5.54. The van der Waals surface area contributed by atoms with Gasteiger partial charge in [0.2, 0.25) is 0 Å². The Morgan fingerprint density at radius 2 is 1.95 bits per heavy atom. The molecule has 2 atom stereocenters. The highest BCUT2D eigenvalue weighted by Gasteiger charge is 2.33. The zero-order chi connectivity index (χ0) is 15.3. The maximum Gasteiger partial charge on any atom is 0.417 e. The van der Waals surface area contributed by atoms with E-state index in [2.05, 4.69) is 5.32 Å². The van der Waals surface area contributed by atoms with Gasteiger partial charge in [0.15, 0.2) is 0 Å². The number of nitrogens with one attached hydrogen (secondary N) is 1. The Labute approximate surface area is 121 Å². The van der Waals surface area contributed by atoms with Gasteiger partial charge in [0.05, 0.1) is 16.7 Å². The second kappa shape index (κ2) is 7.29. The van der Waals surface area contributed by atoms with Crippen LogP contribution in [0.15, 0.2) is 18.2 Å². The molecule has 20 heavy (non-hydrogen) atoms. The standard InChI is InChI=1S/C14H19ClF3NO/c1-9(5-10(2)20)7-19-8-11-3-4-13(15)12(6-11)14(16,17)18/h3-4,6,9-10,19-20H,5,7-8H2,1-2H3. The van der Waals surface area contributed by atoms with Crippen molar-refractivity contribution < 1.29 is 18.3 Å². The summed E-state index contributed by atoms with van der Waals surface area (Å²) >= 11 is 5.55. The van der Waals surface area contributed by atoms with E-state index in [1.54, 1.807) is 13.0 Å². The first-order valence-electron chi connectivity index (χ1n) is 6.44. The van der Waals surface area contributed by atoms with E-state index in [-0.39, 0.29) is 17.0 Å². The third kappa shape index (κ3) is 5.69. The van der Waals surface area contributed by atoms with E-state index >= 15 is 0 Å². The number of hydrogen-bond acceptors (Lipinski definition) is 2. The first-order valence-corrected chi connectivity index (χ1v) is 6.82. The van der Waals surface area contributed by atoms with E-state index in [0.717, 1.165) is 6.07 Å². The normalized spacial score (nSPS) is 15.2. The molecule has 0 saturated heterocycles. The molecule has 0 aliphatic rings. The first kappa shape index (κ1) is 17.3. The Kier molecular flexibility index (Phi) is 6.30. The van der Waals surface area contributed by atoms with E-state index in [1.165, 1.54) is 6.07 Å². The Bertz CT molecular complexity index is 435.